The Hall–Kier alpha value is 0.110. The topological polar surface area (TPSA) is 29.1 Å². The first-order chi connectivity index (χ1) is 8.74. The highest BCUT2D eigenvalue weighted by atomic mass is 32.2. The van der Waals surface area contributed by atoms with Gasteiger partial charge >= 0.3 is 0 Å². The van der Waals surface area contributed by atoms with Crippen LogP contribution in [0.3, 0.4) is 0 Å². The van der Waals surface area contributed by atoms with Crippen LogP contribution in [0.2, 0.25) is 0 Å². The molecule has 1 N–H and O–H groups in total. The fourth-order valence-electron chi connectivity index (χ4n) is 3.15. The van der Waals surface area contributed by atoms with Crippen LogP contribution in [0.25, 0.3) is 0 Å². The van der Waals surface area contributed by atoms with Crippen molar-refractivity contribution in [3.63, 3.8) is 0 Å². The minimum Gasteiger partial charge on any atom is -0.313 e. The average molecular weight is 273 g/mol. The summed E-state index contributed by atoms with van der Waals surface area (Å²) in [4.78, 5) is 0. The SMILES string of the molecule is CCCC(NCC)C(CC)S(=O)C1CCCCC1. The van der Waals surface area contributed by atoms with Gasteiger partial charge in [0.15, 0.2) is 0 Å². The molecule has 1 aliphatic rings. The lowest BCUT2D eigenvalue weighted by atomic mass is 10.0. The van der Waals surface area contributed by atoms with Crippen molar-refractivity contribution in [1.82, 2.24) is 5.32 Å². The number of hydrogen-bond acceptors (Lipinski definition) is 2. The molecule has 0 bridgehead atoms. The molecular formula is C15H31NOS. The smallest absolute Gasteiger partial charge is 0.0501 e. The summed E-state index contributed by atoms with van der Waals surface area (Å²) in [7, 11) is -0.640. The minimum atomic E-state index is -0.640. The first kappa shape index (κ1) is 16.2. The molecule has 0 spiro atoms. The van der Waals surface area contributed by atoms with Crippen molar-refractivity contribution in [2.75, 3.05) is 6.54 Å². The van der Waals surface area contributed by atoms with Gasteiger partial charge in [-0.2, -0.15) is 0 Å². The Labute approximate surface area is 116 Å². The summed E-state index contributed by atoms with van der Waals surface area (Å²) in [6, 6.07) is 0.452. The van der Waals surface area contributed by atoms with Gasteiger partial charge < -0.3 is 5.32 Å². The van der Waals surface area contributed by atoms with E-state index in [1.165, 1.54) is 38.5 Å². The van der Waals surface area contributed by atoms with E-state index in [9.17, 15) is 4.21 Å². The van der Waals surface area contributed by atoms with Crippen LogP contribution in [0.1, 0.15) is 72.1 Å². The third kappa shape index (κ3) is 4.65. The second-order valence-electron chi connectivity index (χ2n) is 5.49. The van der Waals surface area contributed by atoms with Gasteiger partial charge in [0.25, 0.3) is 0 Å². The molecule has 2 nitrogen and oxygen atoms in total. The van der Waals surface area contributed by atoms with Crippen LogP contribution in [-0.4, -0.2) is 27.3 Å². The number of hydrogen-bond donors (Lipinski definition) is 1. The lowest BCUT2D eigenvalue weighted by molar-refractivity contribution is 0.447. The maximum atomic E-state index is 12.8. The first-order valence-corrected chi connectivity index (χ1v) is 9.14. The van der Waals surface area contributed by atoms with Gasteiger partial charge in [0.1, 0.15) is 0 Å². The van der Waals surface area contributed by atoms with E-state index in [2.05, 4.69) is 26.1 Å². The van der Waals surface area contributed by atoms with Gasteiger partial charge in [0.2, 0.25) is 0 Å². The van der Waals surface area contributed by atoms with Gasteiger partial charge in [0.05, 0.1) is 5.25 Å². The van der Waals surface area contributed by atoms with Crippen LogP contribution in [-0.2, 0) is 10.8 Å². The summed E-state index contributed by atoms with van der Waals surface area (Å²) in [6.07, 6.45) is 9.67. The van der Waals surface area contributed by atoms with Crippen LogP contribution < -0.4 is 5.32 Å². The Morgan fingerprint density at radius 3 is 2.33 bits per heavy atom. The van der Waals surface area contributed by atoms with E-state index >= 15 is 0 Å². The minimum absolute atomic E-state index is 0.355. The quantitative estimate of drug-likeness (QED) is 0.732. The lowest BCUT2D eigenvalue weighted by Crippen LogP contribution is -2.44. The molecule has 0 aromatic rings. The fraction of sp³-hybridized carbons (Fsp3) is 1.00. The summed E-state index contributed by atoms with van der Waals surface area (Å²) in [6.45, 7) is 7.56. The largest absolute Gasteiger partial charge is 0.313 e. The molecule has 0 aromatic carbocycles. The van der Waals surface area contributed by atoms with E-state index in [0.29, 0.717) is 16.5 Å². The molecule has 1 fully saturated rings. The first-order valence-electron chi connectivity index (χ1n) is 7.87. The Morgan fingerprint density at radius 2 is 1.83 bits per heavy atom. The number of nitrogens with one attached hydrogen (secondary N) is 1. The van der Waals surface area contributed by atoms with Crippen molar-refractivity contribution in [2.24, 2.45) is 0 Å². The van der Waals surface area contributed by atoms with Gasteiger partial charge in [-0.3, -0.25) is 4.21 Å². The predicted molar refractivity (Wildman–Crippen MR) is 81.5 cm³/mol. The van der Waals surface area contributed by atoms with Crippen molar-refractivity contribution < 1.29 is 4.21 Å². The van der Waals surface area contributed by atoms with Crippen molar-refractivity contribution >= 4 is 10.8 Å². The Kier molecular flexibility index (Phi) is 8.16. The summed E-state index contributed by atoms with van der Waals surface area (Å²) >= 11 is 0. The summed E-state index contributed by atoms with van der Waals surface area (Å²) < 4.78 is 12.8. The van der Waals surface area contributed by atoms with Gasteiger partial charge in [-0.15, -0.1) is 0 Å². The molecule has 0 saturated heterocycles. The standard InChI is InChI=1S/C15H31NOS/c1-4-10-14(16-6-3)15(5-2)18(17)13-11-8-7-9-12-13/h13-16H,4-12H2,1-3H3. The molecule has 0 amide bonds. The second kappa shape index (κ2) is 9.08. The zero-order valence-corrected chi connectivity index (χ0v) is 13.2. The van der Waals surface area contributed by atoms with Crippen molar-refractivity contribution in [3.8, 4) is 0 Å². The maximum absolute atomic E-state index is 12.8. The molecule has 108 valence electrons. The van der Waals surface area contributed by atoms with Crippen LogP contribution in [0.5, 0.6) is 0 Å². The molecular weight excluding hydrogens is 242 g/mol. The van der Waals surface area contributed by atoms with E-state index < -0.39 is 10.8 Å². The second-order valence-corrected chi connectivity index (χ2v) is 7.42. The molecule has 3 unspecified atom stereocenters. The highest BCUT2D eigenvalue weighted by Gasteiger charge is 2.30. The summed E-state index contributed by atoms with van der Waals surface area (Å²) in [5.74, 6) is 0. The molecule has 1 aliphatic carbocycles. The van der Waals surface area contributed by atoms with Gasteiger partial charge in [-0.05, 0) is 32.2 Å². The van der Waals surface area contributed by atoms with Crippen molar-refractivity contribution in [2.45, 2.75) is 88.7 Å². The third-order valence-corrected chi connectivity index (χ3v) is 6.48. The zero-order valence-electron chi connectivity index (χ0n) is 12.4. The van der Waals surface area contributed by atoms with Gasteiger partial charge in [0, 0.05) is 22.1 Å². The fourth-order valence-corrected chi connectivity index (χ4v) is 5.32. The van der Waals surface area contributed by atoms with E-state index in [1.807, 2.05) is 0 Å². The molecule has 18 heavy (non-hydrogen) atoms. The highest BCUT2D eigenvalue weighted by Crippen LogP contribution is 2.26. The van der Waals surface area contributed by atoms with Crippen LogP contribution in [0, 0.1) is 0 Å². The molecule has 0 aromatic heterocycles. The lowest BCUT2D eigenvalue weighted by Gasteiger charge is -2.31. The highest BCUT2D eigenvalue weighted by molar-refractivity contribution is 7.86. The molecule has 0 radical (unpaired) electrons. The van der Waals surface area contributed by atoms with E-state index in [0.717, 1.165) is 19.4 Å². The van der Waals surface area contributed by atoms with Gasteiger partial charge in [-0.1, -0.05) is 46.5 Å². The Bertz CT molecular complexity index is 233. The normalized spacial score (nSPS) is 22.6. The molecule has 1 rings (SSSR count). The Morgan fingerprint density at radius 1 is 1.17 bits per heavy atom. The third-order valence-electron chi connectivity index (χ3n) is 4.10. The van der Waals surface area contributed by atoms with Crippen LogP contribution >= 0.6 is 0 Å². The molecule has 0 aliphatic heterocycles. The van der Waals surface area contributed by atoms with Gasteiger partial charge in [-0.25, -0.2) is 0 Å². The van der Waals surface area contributed by atoms with E-state index in [-0.39, 0.29) is 0 Å². The Balaban J connectivity index is 2.62. The zero-order chi connectivity index (χ0) is 13.4. The summed E-state index contributed by atoms with van der Waals surface area (Å²) in [5.41, 5.74) is 0. The molecule has 3 atom stereocenters. The molecule has 0 heterocycles. The van der Waals surface area contributed by atoms with E-state index in [4.69, 9.17) is 0 Å². The monoisotopic (exact) mass is 273 g/mol. The molecule has 1 saturated carbocycles. The predicted octanol–water partition coefficient (Wildman–Crippen LogP) is 3.62. The number of rotatable bonds is 8. The van der Waals surface area contributed by atoms with Crippen LogP contribution in [0.4, 0.5) is 0 Å². The molecule has 3 heteroatoms. The van der Waals surface area contributed by atoms with E-state index in [1.54, 1.807) is 0 Å². The van der Waals surface area contributed by atoms with Crippen molar-refractivity contribution in [1.29, 1.82) is 0 Å². The van der Waals surface area contributed by atoms with Crippen molar-refractivity contribution in [3.05, 3.63) is 0 Å². The van der Waals surface area contributed by atoms with Crippen LogP contribution in [0.15, 0.2) is 0 Å². The summed E-state index contributed by atoms with van der Waals surface area (Å²) in [5, 5.41) is 4.39. The average Bonchev–Trinajstić information content (AvgIpc) is 2.41. The maximum Gasteiger partial charge on any atom is 0.0501 e.